The molecule has 0 heterocycles. The number of hydrogen-bond acceptors (Lipinski definition) is 3. The number of hydrogen-bond donors (Lipinski definition) is 1. The maximum absolute atomic E-state index is 12.2. The van der Waals surface area contributed by atoms with Gasteiger partial charge in [0.05, 0.1) is 21.3 Å². The smallest absolute Gasteiger partial charge is 0.336 e. The first-order valence-electron chi connectivity index (χ1n) is 5.76. The van der Waals surface area contributed by atoms with Gasteiger partial charge >= 0.3 is 5.97 Å². The Morgan fingerprint density at radius 3 is 2.58 bits per heavy atom. The molecule has 0 aliphatic rings. The van der Waals surface area contributed by atoms with Crippen molar-refractivity contribution in [3.8, 4) is 0 Å². The van der Waals surface area contributed by atoms with E-state index in [9.17, 15) is 9.00 Å². The molecule has 3 nitrogen and oxygen atoms in total. The van der Waals surface area contributed by atoms with Crippen LogP contribution in [0.25, 0.3) is 0 Å². The maximum atomic E-state index is 12.2. The van der Waals surface area contributed by atoms with Gasteiger partial charge in [-0.05, 0) is 18.2 Å². The Morgan fingerprint density at radius 2 is 2.05 bits per heavy atom. The van der Waals surface area contributed by atoms with Crippen molar-refractivity contribution in [2.24, 2.45) is 0 Å². The lowest BCUT2D eigenvalue weighted by Crippen LogP contribution is -2.13. The summed E-state index contributed by atoms with van der Waals surface area (Å²) in [6.07, 6.45) is 0. The van der Waals surface area contributed by atoms with Gasteiger partial charge in [-0.15, -0.1) is 0 Å². The summed E-state index contributed by atoms with van der Waals surface area (Å²) in [5, 5.41) is 9.11. The summed E-state index contributed by atoms with van der Waals surface area (Å²) in [7, 11) is -1.29. The molecule has 1 rings (SSSR count). The molecule has 1 atom stereocenters. The number of carbonyl (C=O) groups is 1. The average molecular weight is 365 g/mol. The first kappa shape index (κ1) is 16.7. The van der Waals surface area contributed by atoms with Crippen molar-refractivity contribution in [3.05, 3.63) is 28.2 Å². The van der Waals surface area contributed by atoms with E-state index in [0.717, 1.165) is 10.2 Å². The SMILES string of the molecule is CC(C)(C)SCCS(=O)c1cc(Br)ccc1C(=O)O. The van der Waals surface area contributed by atoms with Crippen LogP contribution in [0.3, 0.4) is 0 Å². The van der Waals surface area contributed by atoms with Gasteiger partial charge in [0, 0.05) is 20.7 Å². The molecule has 0 bridgehead atoms. The Morgan fingerprint density at radius 1 is 1.42 bits per heavy atom. The Kier molecular flexibility index (Phi) is 6.08. The molecule has 1 N–H and O–H groups in total. The third kappa shape index (κ3) is 5.67. The summed E-state index contributed by atoms with van der Waals surface area (Å²) in [6, 6.07) is 4.76. The van der Waals surface area contributed by atoms with E-state index >= 15 is 0 Å². The number of halogens is 1. The highest BCUT2D eigenvalue weighted by Crippen LogP contribution is 2.25. The third-order valence-electron chi connectivity index (χ3n) is 2.22. The molecule has 0 amide bonds. The topological polar surface area (TPSA) is 54.4 Å². The Labute approximate surface area is 128 Å². The zero-order valence-electron chi connectivity index (χ0n) is 11.1. The van der Waals surface area contributed by atoms with Gasteiger partial charge in [0.1, 0.15) is 0 Å². The molecule has 1 aromatic carbocycles. The Bertz CT molecular complexity index is 495. The first-order valence-corrected chi connectivity index (χ1v) is 8.85. The molecule has 6 heteroatoms. The first-order chi connectivity index (χ1) is 8.70. The lowest BCUT2D eigenvalue weighted by atomic mass is 10.2. The van der Waals surface area contributed by atoms with E-state index in [2.05, 4.69) is 36.7 Å². The van der Waals surface area contributed by atoms with Gasteiger partial charge in [0.25, 0.3) is 0 Å². The van der Waals surface area contributed by atoms with Crippen molar-refractivity contribution in [2.75, 3.05) is 11.5 Å². The molecule has 1 unspecified atom stereocenters. The third-order valence-corrected chi connectivity index (χ3v) is 5.65. The molecule has 0 aliphatic heterocycles. The molecule has 1 aromatic rings. The molecule has 19 heavy (non-hydrogen) atoms. The second-order valence-electron chi connectivity index (χ2n) is 4.96. The van der Waals surface area contributed by atoms with Crippen LogP contribution in [0, 0.1) is 0 Å². The standard InChI is InChI=1S/C13H17BrO3S2/c1-13(2,3)18-6-7-19(17)11-8-9(14)4-5-10(11)12(15)16/h4-5,8H,6-7H2,1-3H3,(H,15,16). The summed E-state index contributed by atoms with van der Waals surface area (Å²) >= 11 is 5.00. The number of carboxylic acid groups (broad SMARTS) is 1. The van der Waals surface area contributed by atoms with Crippen LogP contribution < -0.4 is 0 Å². The van der Waals surface area contributed by atoms with E-state index in [1.54, 1.807) is 23.9 Å². The summed E-state index contributed by atoms with van der Waals surface area (Å²) in [5.74, 6) is 0.153. The highest BCUT2D eigenvalue weighted by molar-refractivity contribution is 9.10. The lowest BCUT2D eigenvalue weighted by Gasteiger charge is -2.17. The average Bonchev–Trinajstić information content (AvgIpc) is 2.26. The Hall–Kier alpha value is -0.330. The largest absolute Gasteiger partial charge is 0.478 e. The van der Waals surface area contributed by atoms with Gasteiger partial charge in [-0.1, -0.05) is 36.7 Å². The Balaban J connectivity index is 2.81. The van der Waals surface area contributed by atoms with Gasteiger partial charge in [0.2, 0.25) is 0 Å². The fraction of sp³-hybridized carbons (Fsp3) is 0.462. The monoisotopic (exact) mass is 364 g/mol. The summed E-state index contributed by atoms with van der Waals surface area (Å²) in [6.45, 7) is 6.30. The zero-order chi connectivity index (χ0) is 14.6. The van der Waals surface area contributed by atoms with Crippen LogP contribution in [0.4, 0.5) is 0 Å². The molecule has 0 radical (unpaired) electrons. The van der Waals surface area contributed by atoms with Gasteiger partial charge in [-0.2, -0.15) is 11.8 Å². The van der Waals surface area contributed by atoms with Gasteiger partial charge in [-0.25, -0.2) is 4.79 Å². The van der Waals surface area contributed by atoms with E-state index in [1.165, 1.54) is 6.07 Å². The molecule has 0 spiro atoms. The summed E-state index contributed by atoms with van der Waals surface area (Å²) in [5.41, 5.74) is 0.113. The predicted octanol–water partition coefficient (Wildman–Crippen LogP) is 3.79. The van der Waals surface area contributed by atoms with Crippen LogP contribution in [-0.4, -0.2) is 31.5 Å². The minimum absolute atomic E-state index is 0.113. The lowest BCUT2D eigenvalue weighted by molar-refractivity contribution is 0.0693. The minimum Gasteiger partial charge on any atom is -0.478 e. The highest BCUT2D eigenvalue weighted by Gasteiger charge is 2.17. The summed E-state index contributed by atoms with van der Waals surface area (Å²) in [4.78, 5) is 11.5. The molecular formula is C13H17BrO3S2. The molecular weight excluding hydrogens is 348 g/mol. The van der Waals surface area contributed by atoms with Crippen LogP contribution in [-0.2, 0) is 10.8 Å². The molecule has 0 aliphatic carbocycles. The fourth-order valence-electron chi connectivity index (χ4n) is 1.39. The second-order valence-corrected chi connectivity index (χ2v) is 9.33. The van der Waals surface area contributed by atoms with Crippen LogP contribution in [0.15, 0.2) is 27.6 Å². The zero-order valence-corrected chi connectivity index (χ0v) is 14.3. The van der Waals surface area contributed by atoms with Crippen molar-refractivity contribution in [2.45, 2.75) is 30.4 Å². The number of benzene rings is 1. The minimum atomic E-state index is -1.29. The maximum Gasteiger partial charge on any atom is 0.336 e. The van der Waals surface area contributed by atoms with E-state index in [1.807, 2.05) is 0 Å². The van der Waals surface area contributed by atoms with E-state index in [-0.39, 0.29) is 10.3 Å². The van der Waals surface area contributed by atoms with Crippen molar-refractivity contribution in [1.29, 1.82) is 0 Å². The van der Waals surface area contributed by atoms with Gasteiger partial charge in [0.15, 0.2) is 0 Å². The quantitative estimate of drug-likeness (QED) is 0.863. The van der Waals surface area contributed by atoms with Crippen LogP contribution in [0.5, 0.6) is 0 Å². The number of aromatic carboxylic acids is 1. The number of carboxylic acids is 1. The van der Waals surface area contributed by atoms with Gasteiger partial charge < -0.3 is 5.11 Å². The van der Waals surface area contributed by atoms with Crippen molar-refractivity contribution < 1.29 is 14.1 Å². The van der Waals surface area contributed by atoms with E-state index in [0.29, 0.717) is 10.6 Å². The van der Waals surface area contributed by atoms with Crippen molar-refractivity contribution in [1.82, 2.24) is 0 Å². The molecule has 0 aromatic heterocycles. The summed E-state index contributed by atoms with van der Waals surface area (Å²) < 4.78 is 13.1. The number of thioether (sulfide) groups is 1. The second kappa shape index (κ2) is 6.90. The van der Waals surface area contributed by atoms with E-state index in [4.69, 9.17) is 5.11 Å². The van der Waals surface area contributed by atoms with Crippen molar-refractivity contribution in [3.63, 3.8) is 0 Å². The molecule has 0 saturated heterocycles. The molecule has 0 saturated carbocycles. The number of rotatable bonds is 5. The van der Waals surface area contributed by atoms with Crippen LogP contribution >= 0.6 is 27.7 Å². The van der Waals surface area contributed by atoms with Crippen LogP contribution in [0.2, 0.25) is 0 Å². The molecule has 0 fully saturated rings. The molecule has 106 valence electrons. The highest BCUT2D eigenvalue weighted by atomic mass is 79.9. The van der Waals surface area contributed by atoms with Gasteiger partial charge in [-0.3, -0.25) is 4.21 Å². The normalized spacial score (nSPS) is 13.3. The fourth-order valence-corrected chi connectivity index (χ4v) is 4.34. The van der Waals surface area contributed by atoms with E-state index < -0.39 is 16.8 Å². The van der Waals surface area contributed by atoms with Crippen LogP contribution in [0.1, 0.15) is 31.1 Å². The predicted molar refractivity (Wildman–Crippen MR) is 84.6 cm³/mol. The van der Waals surface area contributed by atoms with Crippen molar-refractivity contribution >= 4 is 44.5 Å².